The molecule has 0 atom stereocenters. The van der Waals surface area contributed by atoms with Gasteiger partial charge in [-0.05, 0) is 86.5 Å². The van der Waals surface area contributed by atoms with Crippen LogP contribution in [0.15, 0.2) is 48.7 Å². The van der Waals surface area contributed by atoms with Crippen molar-refractivity contribution in [2.45, 2.75) is 45.6 Å². The normalized spacial score (nSPS) is 13.7. The number of anilines is 1. The summed E-state index contributed by atoms with van der Waals surface area (Å²) in [6, 6.07) is 15.4. The SMILES string of the molecule is CCNc1ccc(CNCCc2c3c(n4ccccc24)CCCC3)cc1. The van der Waals surface area contributed by atoms with E-state index in [1.807, 2.05) is 0 Å². The number of aromatic nitrogens is 1. The molecule has 2 aromatic heterocycles. The Morgan fingerprint density at radius 2 is 1.85 bits per heavy atom. The summed E-state index contributed by atoms with van der Waals surface area (Å²) < 4.78 is 2.43. The van der Waals surface area contributed by atoms with Gasteiger partial charge in [0.15, 0.2) is 0 Å². The van der Waals surface area contributed by atoms with Crippen LogP contribution in [0.5, 0.6) is 0 Å². The van der Waals surface area contributed by atoms with Crippen LogP contribution < -0.4 is 10.6 Å². The summed E-state index contributed by atoms with van der Waals surface area (Å²) in [5.41, 5.74) is 8.70. The zero-order valence-corrected chi connectivity index (χ0v) is 15.7. The molecule has 0 saturated heterocycles. The summed E-state index contributed by atoms with van der Waals surface area (Å²) in [5.74, 6) is 0. The molecular formula is C23H29N3. The van der Waals surface area contributed by atoms with Crippen molar-refractivity contribution >= 4 is 11.2 Å². The van der Waals surface area contributed by atoms with Crippen LogP contribution in [-0.2, 0) is 25.8 Å². The first-order valence-electron chi connectivity index (χ1n) is 10.00. The van der Waals surface area contributed by atoms with E-state index >= 15 is 0 Å². The second-order valence-electron chi connectivity index (χ2n) is 7.22. The Morgan fingerprint density at radius 3 is 2.69 bits per heavy atom. The Hall–Kier alpha value is -2.26. The number of hydrogen-bond donors (Lipinski definition) is 2. The molecule has 0 saturated carbocycles. The Kier molecular flexibility index (Phi) is 5.26. The van der Waals surface area contributed by atoms with Crippen LogP contribution in [0.25, 0.3) is 5.52 Å². The molecule has 0 aliphatic heterocycles. The monoisotopic (exact) mass is 347 g/mol. The fourth-order valence-corrected chi connectivity index (χ4v) is 4.23. The molecule has 3 nitrogen and oxygen atoms in total. The molecule has 0 unspecified atom stereocenters. The zero-order valence-electron chi connectivity index (χ0n) is 15.7. The van der Waals surface area contributed by atoms with Crippen molar-refractivity contribution in [1.29, 1.82) is 0 Å². The van der Waals surface area contributed by atoms with E-state index in [0.29, 0.717) is 0 Å². The summed E-state index contributed by atoms with van der Waals surface area (Å²) in [7, 11) is 0. The van der Waals surface area contributed by atoms with Crippen molar-refractivity contribution in [3.8, 4) is 0 Å². The summed E-state index contributed by atoms with van der Waals surface area (Å²) >= 11 is 0. The van der Waals surface area contributed by atoms with Crippen molar-refractivity contribution < 1.29 is 0 Å². The number of aryl methyl sites for hydroxylation is 1. The van der Waals surface area contributed by atoms with Crippen LogP contribution in [-0.4, -0.2) is 17.5 Å². The number of rotatable bonds is 7. The molecule has 0 bridgehead atoms. The van der Waals surface area contributed by atoms with E-state index in [1.165, 1.54) is 42.5 Å². The van der Waals surface area contributed by atoms with Crippen LogP contribution in [0.2, 0.25) is 0 Å². The molecule has 0 amide bonds. The minimum Gasteiger partial charge on any atom is -0.385 e. The minimum absolute atomic E-state index is 0.931. The molecule has 1 aromatic carbocycles. The molecule has 1 aliphatic rings. The highest BCUT2D eigenvalue weighted by molar-refractivity contribution is 5.62. The van der Waals surface area contributed by atoms with Gasteiger partial charge in [0.05, 0.1) is 0 Å². The number of nitrogens with one attached hydrogen (secondary N) is 2. The van der Waals surface area contributed by atoms with Gasteiger partial charge in [-0.2, -0.15) is 0 Å². The quantitative estimate of drug-likeness (QED) is 0.612. The van der Waals surface area contributed by atoms with Crippen molar-refractivity contribution in [2.75, 3.05) is 18.4 Å². The largest absolute Gasteiger partial charge is 0.385 e. The average molecular weight is 348 g/mol. The van der Waals surface area contributed by atoms with Crippen LogP contribution in [0.1, 0.15) is 42.1 Å². The molecule has 3 heteroatoms. The van der Waals surface area contributed by atoms with Crippen molar-refractivity contribution in [2.24, 2.45) is 0 Å². The van der Waals surface area contributed by atoms with E-state index in [2.05, 4.69) is 70.6 Å². The standard InChI is InChI=1S/C23H29N3/c1-2-25-19-12-10-18(11-13-19)17-24-15-14-21-20-7-3-4-8-22(20)26-16-6-5-9-23(21)26/h5-6,9-13,16,24-25H,2-4,7-8,14-15,17H2,1H3. The maximum absolute atomic E-state index is 3.63. The van der Waals surface area contributed by atoms with Crippen LogP contribution in [0.4, 0.5) is 5.69 Å². The van der Waals surface area contributed by atoms with E-state index < -0.39 is 0 Å². The predicted octanol–water partition coefficient (Wildman–Crippen LogP) is 4.58. The van der Waals surface area contributed by atoms with Crippen LogP contribution in [0.3, 0.4) is 0 Å². The summed E-state index contributed by atoms with van der Waals surface area (Å²) in [5, 5.41) is 6.98. The molecule has 0 fully saturated rings. The predicted molar refractivity (Wildman–Crippen MR) is 110 cm³/mol. The average Bonchev–Trinajstić information content (AvgIpc) is 3.01. The molecule has 26 heavy (non-hydrogen) atoms. The lowest BCUT2D eigenvalue weighted by molar-refractivity contribution is 0.656. The highest BCUT2D eigenvalue weighted by Gasteiger charge is 2.19. The number of benzene rings is 1. The molecule has 2 heterocycles. The van der Waals surface area contributed by atoms with E-state index in [9.17, 15) is 0 Å². The second kappa shape index (κ2) is 7.96. The van der Waals surface area contributed by atoms with E-state index in [1.54, 1.807) is 16.8 Å². The number of nitrogens with zero attached hydrogens (tertiary/aromatic N) is 1. The van der Waals surface area contributed by atoms with Crippen molar-refractivity contribution in [3.63, 3.8) is 0 Å². The van der Waals surface area contributed by atoms with Gasteiger partial charge in [-0.1, -0.05) is 18.2 Å². The van der Waals surface area contributed by atoms with Crippen LogP contribution >= 0.6 is 0 Å². The Balaban J connectivity index is 1.40. The van der Waals surface area contributed by atoms with Gasteiger partial charge < -0.3 is 15.0 Å². The third-order valence-electron chi connectivity index (χ3n) is 5.48. The molecule has 4 rings (SSSR count). The Bertz CT molecular complexity index is 861. The number of fused-ring (bicyclic) bond motifs is 3. The molecule has 2 N–H and O–H groups in total. The molecule has 1 aliphatic carbocycles. The molecule has 3 aromatic rings. The first-order chi connectivity index (χ1) is 12.9. The molecular weight excluding hydrogens is 318 g/mol. The summed E-state index contributed by atoms with van der Waals surface area (Å²) in [4.78, 5) is 0. The zero-order chi connectivity index (χ0) is 17.8. The van der Waals surface area contributed by atoms with Gasteiger partial charge in [-0.25, -0.2) is 0 Å². The van der Waals surface area contributed by atoms with Gasteiger partial charge in [-0.3, -0.25) is 0 Å². The lowest BCUT2D eigenvalue weighted by atomic mass is 9.93. The van der Waals surface area contributed by atoms with Crippen molar-refractivity contribution in [3.05, 3.63) is 71.0 Å². The molecule has 136 valence electrons. The summed E-state index contributed by atoms with van der Waals surface area (Å²) in [6.07, 6.45) is 8.49. The third-order valence-corrected chi connectivity index (χ3v) is 5.48. The fourth-order valence-electron chi connectivity index (χ4n) is 4.23. The van der Waals surface area contributed by atoms with Gasteiger partial charge in [0, 0.05) is 36.2 Å². The van der Waals surface area contributed by atoms with Gasteiger partial charge in [0.2, 0.25) is 0 Å². The van der Waals surface area contributed by atoms with Gasteiger partial charge >= 0.3 is 0 Å². The van der Waals surface area contributed by atoms with Crippen LogP contribution in [0, 0.1) is 0 Å². The number of pyridine rings is 1. The third kappa shape index (κ3) is 3.49. The lowest BCUT2D eigenvalue weighted by Crippen LogP contribution is -2.17. The molecule has 0 radical (unpaired) electrons. The second-order valence-corrected chi connectivity index (χ2v) is 7.22. The minimum atomic E-state index is 0.931. The van der Waals surface area contributed by atoms with Crippen molar-refractivity contribution in [1.82, 2.24) is 9.72 Å². The van der Waals surface area contributed by atoms with Gasteiger partial charge in [0.1, 0.15) is 0 Å². The van der Waals surface area contributed by atoms with E-state index in [4.69, 9.17) is 0 Å². The Labute approximate surface area is 156 Å². The smallest absolute Gasteiger partial charge is 0.0488 e. The highest BCUT2D eigenvalue weighted by atomic mass is 14.9. The van der Waals surface area contributed by atoms with E-state index in [-0.39, 0.29) is 0 Å². The maximum atomic E-state index is 3.63. The first-order valence-corrected chi connectivity index (χ1v) is 10.00. The first kappa shape index (κ1) is 17.2. The lowest BCUT2D eigenvalue weighted by Gasteiger charge is -2.13. The van der Waals surface area contributed by atoms with Gasteiger partial charge in [-0.15, -0.1) is 0 Å². The number of hydrogen-bond acceptors (Lipinski definition) is 2. The Morgan fingerprint density at radius 1 is 1.00 bits per heavy atom. The topological polar surface area (TPSA) is 28.5 Å². The van der Waals surface area contributed by atoms with Gasteiger partial charge in [0.25, 0.3) is 0 Å². The maximum Gasteiger partial charge on any atom is 0.0488 e. The summed E-state index contributed by atoms with van der Waals surface area (Å²) in [6.45, 7) is 5.05. The fraction of sp³-hybridized carbons (Fsp3) is 0.391. The van der Waals surface area contributed by atoms with E-state index in [0.717, 1.165) is 26.1 Å². The molecule has 0 spiro atoms. The highest BCUT2D eigenvalue weighted by Crippen LogP contribution is 2.30.